The molecule has 0 aromatic carbocycles. The molecule has 2 heterocycles. The number of sulfonamides is 1. The fourth-order valence-electron chi connectivity index (χ4n) is 3.45. The molecule has 142 valence electrons. The number of aryl methyl sites for hydroxylation is 2. The van der Waals surface area contributed by atoms with E-state index >= 15 is 0 Å². The van der Waals surface area contributed by atoms with Gasteiger partial charge >= 0.3 is 0 Å². The number of H-pyrrole nitrogens is 1. The highest BCUT2D eigenvalue weighted by molar-refractivity contribution is 7.88. The number of rotatable bonds is 8. The summed E-state index contributed by atoms with van der Waals surface area (Å²) in [4.78, 5) is 14.3. The molecule has 1 amide bonds. The van der Waals surface area contributed by atoms with Crippen molar-refractivity contribution in [2.24, 2.45) is 0 Å². The van der Waals surface area contributed by atoms with Crippen LogP contribution in [-0.4, -0.2) is 68.0 Å². The second-order valence-corrected chi connectivity index (χ2v) is 8.62. The smallest absolute Gasteiger partial charge is 0.222 e. The summed E-state index contributed by atoms with van der Waals surface area (Å²) in [6.45, 7) is 5.24. The fraction of sp³-hybridized carbons (Fsp3) is 0.750. The highest BCUT2D eigenvalue weighted by atomic mass is 32.2. The van der Waals surface area contributed by atoms with Gasteiger partial charge in [0.15, 0.2) is 0 Å². The summed E-state index contributed by atoms with van der Waals surface area (Å²) >= 11 is 0. The van der Waals surface area contributed by atoms with E-state index in [1.807, 2.05) is 13.8 Å². The number of hydrogen-bond acceptors (Lipinski definition) is 5. The third kappa shape index (κ3) is 5.26. The molecular weight excluding hydrogens is 344 g/mol. The van der Waals surface area contributed by atoms with Gasteiger partial charge in [-0.05, 0) is 38.7 Å². The number of nitrogens with one attached hydrogen (secondary N) is 2. The Morgan fingerprint density at radius 3 is 2.72 bits per heavy atom. The van der Waals surface area contributed by atoms with Crippen LogP contribution in [0.5, 0.6) is 0 Å². The Hall–Kier alpha value is -1.45. The zero-order chi connectivity index (χ0) is 18.7. The number of hydrogen-bond donors (Lipinski definition) is 2. The molecule has 2 N–H and O–H groups in total. The van der Waals surface area contributed by atoms with E-state index in [1.165, 1.54) is 0 Å². The topological polar surface area (TPSA) is 104 Å². The Kier molecular flexibility index (Phi) is 6.23. The molecule has 1 saturated heterocycles. The molecule has 0 aliphatic carbocycles. The van der Waals surface area contributed by atoms with E-state index in [1.54, 1.807) is 12.0 Å². The van der Waals surface area contributed by atoms with Crippen LogP contribution in [0.4, 0.5) is 0 Å². The zero-order valence-electron chi connectivity index (χ0n) is 15.4. The molecule has 8 nitrogen and oxygen atoms in total. The summed E-state index contributed by atoms with van der Waals surface area (Å²) in [5, 5.41) is 7.07. The lowest BCUT2D eigenvalue weighted by molar-refractivity contribution is -0.130. The molecule has 1 aromatic heterocycles. The van der Waals surface area contributed by atoms with Crippen LogP contribution < -0.4 is 4.72 Å². The van der Waals surface area contributed by atoms with Crippen molar-refractivity contribution < 1.29 is 17.9 Å². The number of amides is 1. The third-order valence-corrected chi connectivity index (χ3v) is 5.57. The van der Waals surface area contributed by atoms with E-state index in [0.717, 1.165) is 23.2 Å². The van der Waals surface area contributed by atoms with Crippen LogP contribution in [0.1, 0.15) is 36.2 Å². The predicted octanol–water partition coefficient (Wildman–Crippen LogP) is 0.516. The van der Waals surface area contributed by atoms with Gasteiger partial charge in [-0.3, -0.25) is 9.89 Å². The molecular formula is C16H28N4O4S. The van der Waals surface area contributed by atoms with Gasteiger partial charge in [-0.2, -0.15) is 5.10 Å². The number of aromatic amines is 1. The third-order valence-electron chi connectivity index (χ3n) is 4.76. The lowest BCUT2D eigenvalue weighted by atomic mass is 9.96. The van der Waals surface area contributed by atoms with Crippen molar-refractivity contribution in [3.63, 3.8) is 0 Å². The van der Waals surface area contributed by atoms with Gasteiger partial charge in [0.25, 0.3) is 0 Å². The minimum absolute atomic E-state index is 0.0367. The first-order chi connectivity index (χ1) is 11.7. The molecule has 0 saturated carbocycles. The maximum absolute atomic E-state index is 12.6. The monoisotopic (exact) mass is 372 g/mol. The first-order valence-corrected chi connectivity index (χ1v) is 10.3. The number of ether oxygens (including phenoxy) is 1. The zero-order valence-corrected chi connectivity index (χ0v) is 16.2. The van der Waals surface area contributed by atoms with E-state index in [9.17, 15) is 13.2 Å². The largest absolute Gasteiger partial charge is 0.385 e. The van der Waals surface area contributed by atoms with E-state index < -0.39 is 15.6 Å². The van der Waals surface area contributed by atoms with Crippen LogP contribution in [0, 0.1) is 13.8 Å². The number of methoxy groups -OCH3 is 1. The summed E-state index contributed by atoms with van der Waals surface area (Å²) in [6, 6.07) is 0. The first kappa shape index (κ1) is 19.9. The van der Waals surface area contributed by atoms with Gasteiger partial charge < -0.3 is 9.64 Å². The summed E-state index contributed by atoms with van der Waals surface area (Å²) in [5.74, 6) is 0.0367. The van der Waals surface area contributed by atoms with Crippen molar-refractivity contribution in [2.45, 2.75) is 45.1 Å². The lowest BCUT2D eigenvalue weighted by Gasteiger charge is -2.29. The van der Waals surface area contributed by atoms with Crippen LogP contribution >= 0.6 is 0 Å². The standard InChI is InChI=1S/C16H28N4O4S/c1-12-14(13(2)18-17-12)5-6-15(21)20-9-7-16(11-20,8-10-24-3)19-25(4,22)23/h19H,5-11H2,1-4H3,(H,17,18). The maximum atomic E-state index is 12.6. The van der Waals surface area contributed by atoms with Gasteiger partial charge in [-0.1, -0.05) is 0 Å². The first-order valence-electron chi connectivity index (χ1n) is 8.42. The van der Waals surface area contributed by atoms with E-state index in [-0.39, 0.29) is 5.91 Å². The molecule has 1 aromatic rings. The minimum Gasteiger partial charge on any atom is -0.385 e. The molecule has 2 rings (SSSR count). The van der Waals surface area contributed by atoms with Crippen LogP contribution in [0.2, 0.25) is 0 Å². The normalized spacial score (nSPS) is 21.0. The SMILES string of the molecule is COCCC1(NS(C)(=O)=O)CCN(C(=O)CCc2c(C)n[nH]c2C)C1. The molecule has 1 unspecified atom stereocenters. The minimum atomic E-state index is -3.36. The van der Waals surface area contributed by atoms with Crippen LogP contribution in [0.15, 0.2) is 0 Å². The summed E-state index contributed by atoms with van der Waals surface area (Å²) in [7, 11) is -1.78. The Labute approximate surface area is 149 Å². The van der Waals surface area contributed by atoms with Gasteiger partial charge in [-0.15, -0.1) is 0 Å². The Morgan fingerprint density at radius 2 is 2.16 bits per heavy atom. The van der Waals surface area contributed by atoms with Gasteiger partial charge in [0.05, 0.1) is 17.5 Å². The number of carbonyl (C=O) groups is 1. The van der Waals surface area contributed by atoms with Gasteiger partial charge in [-0.25, -0.2) is 13.1 Å². The molecule has 9 heteroatoms. The van der Waals surface area contributed by atoms with Crippen molar-refractivity contribution in [3.8, 4) is 0 Å². The second kappa shape index (κ2) is 7.84. The quantitative estimate of drug-likeness (QED) is 0.692. The van der Waals surface area contributed by atoms with Crippen LogP contribution in [0.25, 0.3) is 0 Å². The van der Waals surface area contributed by atoms with E-state index in [4.69, 9.17) is 4.74 Å². The summed E-state index contributed by atoms with van der Waals surface area (Å²) in [6.07, 6.45) is 3.31. The van der Waals surface area contributed by atoms with Crippen molar-refractivity contribution in [1.82, 2.24) is 19.8 Å². The highest BCUT2D eigenvalue weighted by Gasteiger charge is 2.41. The summed E-state index contributed by atoms with van der Waals surface area (Å²) in [5.41, 5.74) is 2.34. The Bertz CT molecular complexity index is 696. The van der Waals surface area contributed by atoms with Crippen LogP contribution in [-0.2, 0) is 26.0 Å². The molecule has 0 radical (unpaired) electrons. The maximum Gasteiger partial charge on any atom is 0.222 e. The Morgan fingerprint density at radius 1 is 1.44 bits per heavy atom. The fourth-order valence-corrected chi connectivity index (χ4v) is 4.50. The van der Waals surface area contributed by atoms with Crippen molar-refractivity contribution in [1.29, 1.82) is 0 Å². The predicted molar refractivity (Wildman–Crippen MR) is 94.8 cm³/mol. The molecule has 0 bridgehead atoms. The molecule has 1 aliphatic rings. The van der Waals surface area contributed by atoms with Crippen molar-refractivity contribution in [3.05, 3.63) is 17.0 Å². The number of nitrogens with zero attached hydrogens (tertiary/aromatic N) is 2. The highest BCUT2D eigenvalue weighted by Crippen LogP contribution is 2.27. The second-order valence-electron chi connectivity index (χ2n) is 6.88. The van der Waals surface area contributed by atoms with E-state index in [0.29, 0.717) is 45.4 Å². The van der Waals surface area contributed by atoms with Gasteiger partial charge in [0.1, 0.15) is 0 Å². The summed E-state index contributed by atoms with van der Waals surface area (Å²) < 4.78 is 31.3. The molecule has 1 atom stereocenters. The average Bonchev–Trinajstić information content (AvgIpc) is 3.06. The molecule has 1 fully saturated rings. The average molecular weight is 372 g/mol. The van der Waals surface area contributed by atoms with Crippen molar-refractivity contribution in [2.75, 3.05) is 33.1 Å². The molecule has 25 heavy (non-hydrogen) atoms. The number of likely N-dealkylation sites (tertiary alicyclic amines) is 1. The lowest BCUT2D eigenvalue weighted by Crippen LogP contribution is -2.51. The van der Waals surface area contributed by atoms with Crippen molar-refractivity contribution >= 4 is 15.9 Å². The molecule has 1 aliphatic heterocycles. The molecule has 0 spiro atoms. The van der Waals surface area contributed by atoms with Crippen LogP contribution in [0.3, 0.4) is 0 Å². The van der Waals surface area contributed by atoms with Gasteiger partial charge in [0, 0.05) is 38.9 Å². The Balaban J connectivity index is 1.99. The van der Waals surface area contributed by atoms with E-state index in [2.05, 4.69) is 14.9 Å². The van der Waals surface area contributed by atoms with Gasteiger partial charge in [0.2, 0.25) is 15.9 Å². The number of carbonyl (C=O) groups excluding carboxylic acids is 1. The number of aromatic nitrogens is 2.